The minimum Gasteiger partial charge on any atom is -0.496 e. The van der Waals surface area contributed by atoms with E-state index in [0.717, 1.165) is 0 Å². The zero-order valence-corrected chi connectivity index (χ0v) is 12.5. The predicted molar refractivity (Wildman–Crippen MR) is 76.4 cm³/mol. The van der Waals surface area contributed by atoms with E-state index >= 15 is 0 Å². The van der Waals surface area contributed by atoms with E-state index in [9.17, 15) is 9.59 Å². The molecule has 0 saturated carbocycles. The highest BCUT2D eigenvalue weighted by Crippen LogP contribution is 2.25. The first-order valence-electron chi connectivity index (χ1n) is 6.27. The maximum Gasteiger partial charge on any atom is 0.305 e. The summed E-state index contributed by atoms with van der Waals surface area (Å²) in [5, 5.41) is 9.31. The van der Waals surface area contributed by atoms with Crippen LogP contribution in [0.4, 0.5) is 0 Å². The number of methoxy groups -OCH3 is 1. The first-order valence-corrected chi connectivity index (χ1v) is 6.64. The Kier molecular flexibility index (Phi) is 5.82. The van der Waals surface area contributed by atoms with Gasteiger partial charge in [0, 0.05) is 17.6 Å². The molecular weight excluding hydrogens is 282 g/mol. The Balaban J connectivity index is 3.05. The normalized spacial score (nSPS) is 11.8. The number of rotatable bonds is 6. The molecule has 1 aromatic rings. The van der Waals surface area contributed by atoms with Crippen molar-refractivity contribution in [2.24, 2.45) is 0 Å². The van der Waals surface area contributed by atoms with E-state index in [4.69, 9.17) is 21.4 Å². The summed E-state index contributed by atoms with van der Waals surface area (Å²) in [6.45, 7) is 3.93. The van der Waals surface area contributed by atoms with Crippen molar-refractivity contribution in [3.63, 3.8) is 0 Å². The van der Waals surface area contributed by atoms with Gasteiger partial charge >= 0.3 is 5.97 Å². The number of ether oxygens (including phenoxy) is 1. The van der Waals surface area contributed by atoms with Gasteiger partial charge in [-0.05, 0) is 32.0 Å². The van der Waals surface area contributed by atoms with E-state index in [1.54, 1.807) is 32.0 Å². The molecule has 0 aliphatic heterocycles. The van der Waals surface area contributed by atoms with Gasteiger partial charge in [0.2, 0.25) is 0 Å². The van der Waals surface area contributed by atoms with E-state index in [1.807, 2.05) is 0 Å². The lowest BCUT2D eigenvalue weighted by Crippen LogP contribution is -2.39. The number of amides is 1. The van der Waals surface area contributed by atoms with E-state index in [-0.39, 0.29) is 12.3 Å². The summed E-state index contributed by atoms with van der Waals surface area (Å²) in [6, 6.07) is 4.35. The summed E-state index contributed by atoms with van der Waals surface area (Å²) in [5.41, 5.74) is 0.371. The van der Waals surface area contributed by atoms with Crippen LogP contribution in [0.2, 0.25) is 5.02 Å². The number of carboxylic acid groups (broad SMARTS) is 1. The predicted octanol–water partition coefficient (Wildman–Crippen LogP) is 2.67. The Morgan fingerprint density at radius 2 is 2.10 bits per heavy atom. The molecule has 1 atom stereocenters. The molecule has 6 heteroatoms. The Bertz CT molecular complexity index is 504. The number of hydrogen-bond donors (Lipinski definition) is 1. The molecule has 0 heterocycles. The lowest BCUT2D eigenvalue weighted by atomic mass is 10.1. The average Bonchev–Trinajstić information content (AvgIpc) is 2.38. The molecule has 0 aliphatic carbocycles. The van der Waals surface area contributed by atoms with Crippen LogP contribution in [-0.2, 0) is 4.79 Å². The first kappa shape index (κ1) is 16.3. The Hall–Kier alpha value is -1.75. The molecule has 0 aromatic heterocycles. The number of aliphatic carboxylic acids is 1. The Labute approximate surface area is 123 Å². The molecule has 110 valence electrons. The van der Waals surface area contributed by atoms with Gasteiger partial charge in [-0.2, -0.15) is 0 Å². The summed E-state index contributed by atoms with van der Waals surface area (Å²) >= 11 is 5.86. The fourth-order valence-corrected chi connectivity index (χ4v) is 2.18. The van der Waals surface area contributed by atoms with Crippen molar-refractivity contribution in [2.45, 2.75) is 26.3 Å². The highest BCUT2D eigenvalue weighted by molar-refractivity contribution is 6.30. The third kappa shape index (κ3) is 3.87. The van der Waals surface area contributed by atoms with E-state index < -0.39 is 12.0 Å². The van der Waals surface area contributed by atoms with E-state index in [0.29, 0.717) is 22.9 Å². The van der Waals surface area contributed by atoms with Crippen molar-refractivity contribution in [2.75, 3.05) is 13.7 Å². The third-order valence-corrected chi connectivity index (χ3v) is 3.23. The first-order chi connectivity index (χ1) is 9.40. The zero-order chi connectivity index (χ0) is 15.3. The second-order valence-corrected chi connectivity index (χ2v) is 4.82. The van der Waals surface area contributed by atoms with Crippen LogP contribution in [0, 0.1) is 0 Å². The molecular formula is C14H18ClNO4. The van der Waals surface area contributed by atoms with Crippen LogP contribution in [0.3, 0.4) is 0 Å². The van der Waals surface area contributed by atoms with Crippen LogP contribution in [-0.4, -0.2) is 41.6 Å². The Morgan fingerprint density at radius 1 is 1.45 bits per heavy atom. The van der Waals surface area contributed by atoms with Crippen molar-refractivity contribution >= 4 is 23.5 Å². The van der Waals surface area contributed by atoms with Crippen LogP contribution in [0.25, 0.3) is 0 Å². The van der Waals surface area contributed by atoms with Crippen LogP contribution >= 0.6 is 11.6 Å². The minimum atomic E-state index is -0.938. The highest BCUT2D eigenvalue weighted by Gasteiger charge is 2.24. The molecule has 1 aromatic carbocycles. The summed E-state index contributed by atoms with van der Waals surface area (Å²) in [7, 11) is 1.46. The molecule has 0 bridgehead atoms. The van der Waals surface area contributed by atoms with E-state index in [1.165, 1.54) is 12.0 Å². The van der Waals surface area contributed by atoms with Gasteiger partial charge in [-0.25, -0.2) is 0 Å². The van der Waals surface area contributed by atoms with Gasteiger partial charge in [0.1, 0.15) is 5.75 Å². The quantitative estimate of drug-likeness (QED) is 0.877. The number of carboxylic acids is 1. The van der Waals surface area contributed by atoms with E-state index in [2.05, 4.69) is 0 Å². The van der Waals surface area contributed by atoms with Crippen LogP contribution in [0.5, 0.6) is 5.75 Å². The highest BCUT2D eigenvalue weighted by atomic mass is 35.5. The van der Waals surface area contributed by atoms with Crippen LogP contribution < -0.4 is 4.74 Å². The molecule has 1 N–H and O–H groups in total. The van der Waals surface area contributed by atoms with Gasteiger partial charge in [0.15, 0.2) is 0 Å². The van der Waals surface area contributed by atoms with Crippen molar-refractivity contribution in [1.82, 2.24) is 4.90 Å². The van der Waals surface area contributed by atoms with Gasteiger partial charge < -0.3 is 14.7 Å². The molecule has 1 unspecified atom stereocenters. The van der Waals surface area contributed by atoms with Crippen molar-refractivity contribution in [1.29, 1.82) is 0 Å². The van der Waals surface area contributed by atoms with Crippen molar-refractivity contribution in [3.8, 4) is 5.75 Å². The lowest BCUT2D eigenvalue weighted by Gasteiger charge is -2.27. The van der Waals surface area contributed by atoms with Gasteiger partial charge in [0.25, 0.3) is 5.91 Å². The molecule has 20 heavy (non-hydrogen) atoms. The van der Waals surface area contributed by atoms with Gasteiger partial charge in [-0.3, -0.25) is 9.59 Å². The topological polar surface area (TPSA) is 66.8 Å². The maximum atomic E-state index is 12.5. The Morgan fingerprint density at radius 3 is 2.60 bits per heavy atom. The molecule has 1 amide bonds. The third-order valence-electron chi connectivity index (χ3n) is 3.00. The second-order valence-electron chi connectivity index (χ2n) is 4.38. The second kappa shape index (κ2) is 7.14. The van der Waals surface area contributed by atoms with Gasteiger partial charge in [-0.1, -0.05) is 11.6 Å². The van der Waals surface area contributed by atoms with Crippen molar-refractivity contribution in [3.05, 3.63) is 28.8 Å². The van der Waals surface area contributed by atoms with Crippen LogP contribution in [0.15, 0.2) is 18.2 Å². The minimum absolute atomic E-state index is 0.102. The SMILES string of the molecule is CCN(C(=O)c1ccc(Cl)cc1OC)C(C)CC(=O)O. The number of hydrogen-bond acceptors (Lipinski definition) is 3. The summed E-state index contributed by atoms with van der Waals surface area (Å²) < 4.78 is 5.15. The molecule has 5 nitrogen and oxygen atoms in total. The molecule has 0 aliphatic rings. The maximum absolute atomic E-state index is 12.5. The van der Waals surface area contributed by atoms with Gasteiger partial charge in [-0.15, -0.1) is 0 Å². The average molecular weight is 300 g/mol. The number of nitrogens with zero attached hydrogens (tertiary/aromatic N) is 1. The molecule has 1 rings (SSSR count). The van der Waals surface area contributed by atoms with Crippen molar-refractivity contribution < 1.29 is 19.4 Å². The largest absolute Gasteiger partial charge is 0.496 e. The summed E-state index contributed by atoms with van der Waals surface area (Å²) in [5.74, 6) is -0.829. The van der Waals surface area contributed by atoms with Gasteiger partial charge in [0.05, 0.1) is 19.1 Å². The molecule has 0 radical (unpaired) electrons. The monoisotopic (exact) mass is 299 g/mol. The lowest BCUT2D eigenvalue weighted by molar-refractivity contribution is -0.138. The van der Waals surface area contributed by atoms with Crippen LogP contribution in [0.1, 0.15) is 30.6 Å². The smallest absolute Gasteiger partial charge is 0.305 e. The number of carbonyl (C=O) groups is 2. The molecule has 0 fully saturated rings. The standard InChI is InChI=1S/C14H18ClNO4/c1-4-16(9(2)7-13(17)18)14(19)11-6-5-10(15)8-12(11)20-3/h5-6,8-9H,4,7H2,1-3H3,(H,17,18). The fourth-order valence-electron chi connectivity index (χ4n) is 2.01. The fraction of sp³-hybridized carbons (Fsp3) is 0.429. The summed E-state index contributed by atoms with van der Waals surface area (Å²) in [4.78, 5) is 24.8. The number of halogens is 1. The molecule has 0 saturated heterocycles. The molecule has 0 spiro atoms. The number of benzene rings is 1. The number of carbonyl (C=O) groups excluding carboxylic acids is 1. The summed E-state index contributed by atoms with van der Waals surface area (Å²) in [6.07, 6.45) is -0.102. The zero-order valence-electron chi connectivity index (χ0n) is 11.7.